The second-order valence-electron chi connectivity index (χ2n) is 25.5. The lowest BCUT2D eigenvalue weighted by Crippen LogP contribution is -2.53. The molecule has 26 heteroatoms. The number of urea groups is 1. The Morgan fingerprint density at radius 2 is 1.62 bits per heavy atom. The molecule has 0 aromatic heterocycles. The van der Waals surface area contributed by atoms with Crippen molar-refractivity contribution in [3.05, 3.63) is 94.1 Å². The molecule has 5 N–H and O–H groups in total. The Labute approximate surface area is 554 Å². The fourth-order valence-corrected chi connectivity index (χ4v) is 12.2. The number of halogens is 1. The zero-order valence-electron chi connectivity index (χ0n) is 55.7. The molecule has 2 saturated heterocycles. The van der Waals surface area contributed by atoms with Gasteiger partial charge < -0.3 is 64.6 Å². The smallest absolute Gasteiger partial charge is 0.409 e. The Bertz CT molecular complexity index is 3210. The van der Waals surface area contributed by atoms with Crippen molar-refractivity contribution in [2.75, 3.05) is 59.9 Å². The molecule has 4 bridgehead atoms. The Kier molecular flexibility index (Phi) is 27.1. The van der Waals surface area contributed by atoms with Crippen LogP contribution in [0.5, 0.6) is 5.75 Å². The second kappa shape index (κ2) is 33.9. The number of hydrogen-bond acceptors (Lipinski definition) is 18. The fourth-order valence-electron chi connectivity index (χ4n) is 11.8. The third kappa shape index (κ3) is 20.3. The number of benzene rings is 2. The number of primary amides is 1. The van der Waals surface area contributed by atoms with Gasteiger partial charge in [-0.1, -0.05) is 86.9 Å². The molecular weight excluding hydrogens is 1240 g/mol. The number of carbonyl (C=O) groups is 11. The van der Waals surface area contributed by atoms with E-state index in [1.807, 2.05) is 26.8 Å². The van der Waals surface area contributed by atoms with Crippen LogP contribution in [0.15, 0.2) is 72.4 Å². The molecular formula is C68H92ClN7O18. The van der Waals surface area contributed by atoms with Crippen LogP contribution < -0.4 is 26.0 Å². The number of carbonyl (C=O) groups excluding carboxylic acids is 11. The number of epoxide rings is 1. The van der Waals surface area contributed by atoms with Crippen molar-refractivity contribution < 1.29 is 86.3 Å². The average molecular weight is 1330 g/mol. The van der Waals surface area contributed by atoms with Crippen LogP contribution in [0.25, 0.3) is 0 Å². The first kappa shape index (κ1) is 75.0. The van der Waals surface area contributed by atoms with E-state index < -0.39 is 108 Å². The number of esters is 2. The van der Waals surface area contributed by atoms with E-state index in [2.05, 4.69) is 10.6 Å². The molecule has 10 atom stereocenters. The van der Waals surface area contributed by atoms with Crippen LogP contribution in [0.1, 0.15) is 129 Å². The molecule has 514 valence electrons. The highest BCUT2D eigenvalue weighted by molar-refractivity contribution is 6.35. The summed E-state index contributed by atoms with van der Waals surface area (Å²) in [5, 5.41) is 17.5. The van der Waals surface area contributed by atoms with E-state index in [1.165, 1.54) is 69.1 Å². The van der Waals surface area contributed by atoms with Gasteiger partial charge in [-0.25, -0.2) is 14.4 Å². The first-order valence-corrected chi connectivity index (χ1v) is 32.2. The van der Waals surface area contributed by atoms with Gasteiger partial charge in [-0.2, -0.15) is 0 Å². The lowest BCUT2D eigenvalue weighted by molar-refractivity contribution is -0.187. The van der Waals surface area contributed by atoms with Crippen molar-refractivity contribution in [3.8, 4) is 5.75 Å². The number of likely N-dealkylation sites (N-methyl/N-ethyl adjacent to an activating group) is 1. The maximum atomic E-state index is 14.5. The minimum Gasteiger partial charge on any atom is -0.495 e. The van der Waals surface area contributed by atoms with Gasteiger partial charge in [-0.15, -0.1) is 0 Å². The third-order valence-electron chi connectivity index (χ3n) is 18.0. The number of amides is 8. The normalized spacial score (nSPS) is 24.0. The molecule has 0 radical (unpaired) electrons. The minimum absolute atomic E-state index is 0.0158. The Morgan fingerprint density at radius 3 is 2.27 bits per heavy atom. The van der Waals surface area contributed by atoms with Gasteiger partial charge in [0.05, 0.1) is 37.8 Å². The summed E-state index contributed by atoms with van der Waals surface area (Å²) in [4.78, 5) is 149. The quantitative estimate of drug-likeness (QED) is 0.0243. The molecule has 8 amide bonds. The van der Waals surface area contributed by atoms with Crippen LogP contribution in [-0.2, 0) is 86.3 Å². The number of imide groups is 1. The van der Waals surface area contributed by atoms with Gasteiger partial charge in [-0.3, -0.25) is 43.3 Å². The minimum atomic E-state index is -1.66. The number of aliphatic hydroxyl groups is 1. The van der Waals surface area contributed by atoms with Gasteiger partial charge in [0, 0.05) is 104 Å². The summed E-state index contributed by atoms with van der Waals surface area (Å²) < 4.78 is 35.3. The molecule has 2 aromatic carbocycles. The Hall–Kier alpha value is -8.00. The zero-order chi connectivity index (χ0) is 69.4. The van der Waals surface area contributed by atoms with Crippen LogP contribution in [0.4, 0.5) is 15.3 Å². The van der Waals surface area contributed by atoms with Crippen LogP contribution in [0, 0.1) is 17.8 Å². The average Bonchev–Trinajstić information content (AvgIpc) is 1.58. The number of ketones is 2. The predicted octanol–water partition coefficient (Wildman–Crippen LogP) is 6.18. The number of nitrogens with zero attached hydrogens (tertiary/aromatic N) is 4. The first-order valence-electron chi connectivity index (χ1n) is 31.8. The van der Waals surface area contributed by atoms with Crippen LogP contribution in [0.3, 0.4) is 0 Å². The van der Waals surface area contributed by atoms with E-state index in [0.29, 0.717) is 54.7 Å². The standard InChI is InChI=1S/C68H92ClN7O18/c1-40(2)48(35-47(77)18-13-12-14-29-76-57(80)25-26-58(76)81)63(84)72-49(19-16-28-71-65(70)86)51(78)33-44-21-23-45(24-22-44)39-91-66(87)73(7)30-27-56(79)74(8)43(5)64(85)93-55-36-59(82)75(9)50-32-46(34-52(89-10)61(50)69)31-41(3)17-15-20-54(90-11)68(88)37-53(92-60(83)38-68)42(4)62-67(55,6)94-62/h15,17,20-26,32,34,40,42-43,48-49,53-55,62,88H,12-14,16,18-19,27-31,33,35-39H2,1-11H3,(H,72,84)(H3,70,71,86)/b20-15+,41-17+/t42-,43+,48+,49+,53+,54-,55+,62+,67+,68-/m1/s1. The molecule has 0 spiro atoms. The molecule has 0 aliphatic carbocycles. The van der Waals surface area contributed by atoms with Crippen molar-refractivity contribution in [3.63, 3.8) is 0 Å². The summed E-state index contributed by atoms with van der Waals surface area (Å²) in [5.74, 6) is -5.43. The lowest BCUT2D eigenvalue weighted by Gasteiger charge is -2.41. The largest absolute Gasteiger partial charge is 0.495 e. The van der Waals surface area contributed by atoms with Gasteiger partial charge >= 0.3 is 24.1 Å². The van der Waals surface area contributed by atoms with Crippen molar-refractivity contribution in [2.45, 2.75) is 179 Å². The number of methoxy groups -OCH3 is 2. The summed E-state index contributed by atoms with van der Waals surface area (Å²) >= 11 is 6.85. The summed E-state index contributed by atoms with van der Waals surface area (Å²) in [6, 6.07) is 7.33. The fraction of sp³-hybridized carbons (Fsp3) is 0.574. The summed E-state index contributed by atoms with van der Waals surface area (Å²) in [6.45, 7) is 10.6. The highest BCUT2D eigenvalue weighted by Crippen LogP contribution is 2.50. The molecule has 2 aromatic rings. The third-order valence-corrected chi connectivity index (χ3v) is 18.4. The second-order valence-corrected chi connectivity index (χ2v) is 25.8. The highest BCUT2D eigenvalue weighted by atomic mass is 35.5. The van der Waals surface area contributed by atoms with E-state index in [-0.39, 0.29) is 106 Å². The van der Waals surface area contributed by atoms with Gasteiger partial charge in [0.1, 0.15) is 58.7 Å². The monoisotopic (exact) mass is 1330 g/mol. The van der Waals surface area contributed by atoms with Crippen molar-refractivity contribution in [2.24, 2.45) is 23.5 Å². The van der Waals surface area contributed by atoms with Gasteiger partial charge in [0.2, 0.25) is 17.7 Å². The zero-order valence-corrected chi connectivity index (χ0v) is 56.5. The first-order chi connectivity index (χ1) is 44.4. The van der Waals surface area contributed by atoms with E-state index in [9.17, 15) is 57.8 Å². The molecule has 94 heavy (non-hydrogen) atoms. The highest BCUT2D eigenvalue weighted by Gasteiger charge is 2.64. The number of anilines is 1. The molecule has 4 aliphatic heterocycles. The molecule has 6 rings (SSSR count). The van der Waals surface area contributed by atoms with Crippen LogP contribution >= 0.6 is 11.6 Å². The SMILES string of the molecule is COc1cc2cc(c1Cl)N(C)C(=O)C[C@H](OC(=O)[C@H](C)N(C)C(=O)CCN(C)C(=O)OCc1ccc(CC(=O)[C@H](CCCNC(N)=O)NC(=O)[C@@H](CC(=O)CCCCCN3C(=O)C=CC3=O)C(C)C)cc1)[C@]1(C)O[C@H]1[C@H](C)[C@@H]1C[C@@](O)(CC(=O)O1)[C@H](OC)/C=C/C=C(\C)C2. The maximum absolute atomic E-state index is 14.5. The number of ether oxygens (including phenoxy) is 6. The number of hydrogen-bond donors (Lipinski definition) is 4. The van der Waals surface area contributed by atoms with E-state index in [1.54, 1.807) is 62.4 Å². The van der Waals surface area contributed by atoms with Gasteiger partial charge in [0.15, 0.2) is 5.78 Å². The number of Topliss-reactive ketones (excluding diaryl/α,β-unsaturated/α-hetero) is 2. The number of nitrogens with one attached hydrogen (secondary N) is 2. The summed E-state index contributed by atoms with van der Waals surface area (Å²) in [5.41, 5.74) is 5.41. The van der Waals surface area contributed by atoms with Crippen LogP contribution in [0.2, 0.25) is 5.02 Å². The van der Waals surface area contributed by atoms with Crippen LogP contribution in [-0.4, -0.2) is 188 Å². The molecule has 25 nitrogen and oxygen atoms in total. The molecule has 0 unspecified atom stereocenters. The lowest BCUT2D eigenvalue weighted by atomic mass is 9.78. The van der Waals surface area contributed by atoms with Crippen molar-refractivity contribution in [1.29, 1.82) is 0 Å². The number of unbranched alkanes of at least 4 members (excludes halogenated alkanes) is 2. The Morgan fingerprint density at radius 1 is 0.936 bits per heavy atom. The van der Waals surface area contributed by atoms with Crippen molar-refractivity contribution >= 4 is 82.5 Å². The molecule has 4 aliphatic rings. The summed E-state index contributed by atoms with van der Waals surface area (Å²) in [7, 11) is 7.28. The number of allylic oxidation sites excluding steroid dienone is 3. The van der Waals surface area contributed by atoms with Crippen molar-refractivity contribution in [1.82, 2.24) is 25.3 Å². The molecule has 2 fully saturated rings. The predicted molar refractivity (Wildman–Crippen MR) is 346 cm³/mol. The Balaban J connectivity index is 1.03. The topological polar surface area (TPSA) is 330 Å². The molecule has 4 heterocycles. The van der Waals surface area contributed by atoms with E-state index in [4.69, 9.17) is 45.8 Å². The molecule has 0 saturated carbocycles. The van der Waals surface area contributed by atoms with Gasteiger partial charge in [0.25, 0.3) is 11.8 Å². The number of rotatable bonds is 28. The maximum Gasteiger partial charge on any atom is 0.409 e. The van der Waals surface area contributed by atoms with E-state index in [0.717, 1.165) is 16.0 Å². The van der Waals surface area contributed by atoms with Gasteiger partial charge in [-0.05, 0) is 87.6 Å². The van der Waals surface area contributed by atoms with E-state index >= 15 is 0 Å². The number of nitrogens with two attached hydrogens (primary N) is 1. The summed E-state index contributed by atoms with van der Waals surface area (Å²) in [6.07, 6.45) is 4.80. The number of fused-ring (bicyclic) bond motifs is 5.